The number of esters is 1. The van der Waals surface area contributed by atoms with Crippen LogP contribution in [-0.2, 0) is 24.4 Å². The van der Waals surface area contributed by atoms with Crippen LogP contribution >= 0.6 is 0 Å². The van der Waals surface area contributed by atoms with Crippen molar-refractivity contribution in [3.05, 3.63) is 41.3 Å². The Bertz CT molecular complexity index is 739. The minimum Gasteiger partial charge on any atom is -0.456 e. The average molecular weight is 358 g/mol. The zero-order chi connectivity index (χ0) is 18.7. The van der Waals surface area contributed by atoms with Gasteiger partial charge < -0.3 is 14.7 Å². The maximum absolute atomic E-state index is 12.1. The number of carbonyl (C=O) groups is 1. The molecule has 0 saturated carbocycles. The predicted molar refractivity (Wildman–Crippen MR) is 97.8 cm³/mol. The molecule has 0 saturated heterocycles. The van der Waals surface area contributed by atoms with Crippen LogP contribution in [0.5, 0.6) is 0 Å². The minimum atomic E-state index is -0.518. The zero-order valence-corrected chi connectivity index (χ0v) is 15.6. The Balaban J connectivity index is 1.60. The molecule has 0 aromatic carbocycles. The number of fused-ring (bicyclic) bond motifs is 1. The molecule has 2 aromatic rings. The number of aromatic nitrogens is 3. The second-order valence-corrected chi connectivity index (χ2v) is 7.56. The average Bonchev–Trinajstić information content (AvgIpc) is 3.12. The van der Waals surface area contributed by atoms with Crippen molar-refractivity contribution in [1.29, 1.82) is 0 Å². The summed E-state index contributed by atoms with van der Waals surface area (Å²) in [6, 6.07) is 3.60. The topological polar surface area (TPSA) is 80.5 Å². The summed E-state index contributed by atoms with van der Waals surface area (Å²) in [5.74, 6) is 0.461. The first-order valence-corrected chi connectivity index (χ1v) is 8.96. The smallest absolute Gasteiger partial charge is 0.340 e. The van der Waals surface area contributed by atoms with Gasteiger partial charge in [0.05, 0.1) is 17.8 Å². The number of nitrogens with zero attached hydrogens (tertiary/aromatic N) is 4. The Morgan fingerprint density at radius 3 is 2.69 bits per heavy atom. The zero-order valence-electron chi connectivity index (χ0n) is 15.6. The molecule has 0 fully saturated rings. The molecular weight excluding hydrogens is 332 g/mol. The highest BCUT2D eigenvalue weighted by atomic mass is 16.6. The van der Waals surface area contributed by atoms with E-state index in [9.17, 15) is 4.79 Å². The number of rotatable bonds is 6. The van der Waals surface area contributed by atoms with E-state index in [1.54, 1.807) is 12.3 Å². The van der Waals surface area contributed by atoms with Gasteiger partial charge in [-0.2, -0.15) is 5.10 Å². The van der Waals surface area contributed by atoms with E-state index >= 15 is 0 Å². The third kappa shape index (κ3) is 4.40. The van der Waals surface area contributed by atoms with Crippen molar-refractivity contribution in [2.45, 2.75) is 58.8 Å². The Morgan fingerprint density at radius 1 is 1.27 bits per heavy atom. The third-order valence-electron chi connectivity index (χ3n) is 4.13. The monoisotopic (exact) mass is 358 g/mol. The van der Waals surface area contributed by atoms with Gasteiger partial charge >= 0.3 is 5.97 Å². The number of carbonyl (C=O) groups excluding carboxylic acids is 1. The molecule has 0 aliphatic carbocycles. The molecule has 140 valence electrons. The van der Waals surface area contributed by atoms with Crippen molar-refractivity contribution in [1.82, 2.24) is 14.8 Å². The second-order valence-electron chi connectivity index (χ2n) is 7.56. The highest BCUT2D eigenvalue weighted by molar-refractivity contribution is 5.89. The molecule has 0 atom stereocenters. The molecule has 7 nitrogen and oxygen atoms in total. The number of hydrogen-bond donors (Lipinski definition) is 1. The van der Waals surface area contributed by atoms with Gasteiger partial charge in [0.15, 0.2) is 0 Å². The van der Waals surface area contributed by atoms with Crippen molar-refractivity contribution in [3.8, 4) is 0 Å². The number of pyridine rings is 1. The van der Waals surface area contributed by atoms with Crippen LogP contribution in [0.25, 0.3) is 0 Å². The summed E-state index contributed by atoms with van der Waals surface area (Å²) in [6.45, 7) is 8.05. The minimum absolute atomic E-state index is 0.222. The van der Waals surface area contributed by atoms with Gasteiger partial charge in [-0.15, -0.1) is 0 Å². The van der Waals surface area contributed by atoms with Gasteiger partial charge in [-0.3, -0.25) is 4.68 Å². The first kappa shape index (κ1) is 18.4. The summed E-state index contributed by atoms with van der Waals surface area (Å²) in [5, 5.41) is 13.5. The number of aryl methyl sites for hydroxylation is 1. The van der Waals surface area contributed by atoms with E-state index in [1.165, 1.54) is 5.56 Å². The Morgan fingerprint density at radius 2 is 2.08 bits per heavy atom. The van der Waals surface area contributed by atoms with E-state index in [2.05, 4.69) is 21.2 Å². The fourth-order valence-corrected chi connectivity index (χ4v) is 2.90. The molecule has 3 heterocycles. The maximum Gasteiger partial charge on any atom is 0.340 e. The van der Waals surface area contributed by atoms with E-state index in [0.29, 0.717) is 12.1 Å². The van der Waals surface area contributed by atoms with E-state index in [4.69, 9.17) is 9.84 Å². The summed E-state index contributed by atoms with van der Waals surface area (Å²) in [4.78, 5) is 18.6. The molecule has 0 amide bonds. The second kappa shape index (κ2) is 7.45. The van der Waals surface area contributed by atoms with Crippen molar-refractivity contribution in [3.63, 3.8) is 0 Å². The summed E-state index contributed by atoms with van der Waals surface area (Å²) in [5.41, 5.74) is 2.20. The van der Waals surface area contributed by atoms with Crippen LogP contribution < -0.4 is 4.90 Å². The standard InChI is InChI=1S/C19H26N4O3/c1-19(2,3)26-18(25)14-6-7-17(20-10-14)22-11-15-12-23(8-4-5-9-24)21-16(15)13-22/h6-7,10,12,24H,4-5,8-9,11,13H2,1-3H3. The number of aliphatic hydroxyl groups excluding tert-OH is 1. The van der Waals surface area contributed by atoms with Crippen LogP contribution in [0.4, 0.5) is 5.82 Å². The summed E-state index contributed by atoms with van der Waals surface area (Å²) >= 11 is 0. The number of hydrogen-bond acceptors (Lipinski definition) is 6. The molecule has 7 heteroatoms. The third-order valence-corrected chi connectivity index (χ3v) is 4.13. The molecule has 0 radical (unpaired) electrons. The number of unbranched alkanes of at least 4 members (excludes halogenated alkanes) is 1. The molecule has 2 aromatic heterocycles. The number of aliphatic hydroxyl groups is 1. The van der Waals surface area contributed by atoms with E-state index in [-0.39, 0.29) is 12.6 Å². The van der Waals surface area contributed by atoms with E-state index < -0.39 is 5.60 Å². The quantitative estimate of drug-likeness (QED) is 0.631. The Kier molecular flexibility index (Phi) is 5.27. The molecule has 26 heavy (non-hydrogen) atoms. The predicted octanol–water partition coefficient (Wildman–Crippen LogP) is 2.53. The lowest BCUT2D eigenvalue weighted by molar-refractivity contribution is 0.00691. The molecule has 3 rings (SSSR count). The highest BCUT2D eigenvalue weighted by Gasteiger charge is 2.24. The van der Waals surface area contributed by atoms with Crippen molar-refractivity contribution in [2.75, 3.05) is 11.5 Å². The van der Waals surface area contributed by atoms with Gasteiger partial charge in [0.1, 0.15) is 11.4 Å². The fourth-order valence-electron chi connectivity index (χ4n) is 2.90. The highest BCUT2D eigenvalue weighted by Crippen LogP contribution is 2.26. The summed E-state index contributed by atoms with van der Waals surface area (Å²) in [6.07, 6.45) is 5.36. The van der Waals surface area contributed by atoms with E-state index in [0.717, 1.165) is 37.4 Å². The Hall–Kier alpha value is -2.41. The van der Waals surface area contributed by atoms with Crippen LogP contribution in [0.2, 0.25) is 0 Å². The van der Waals surface area contributed by atoms with Crippen molar-refractivity contribution in [2.24, 2.45) is 0 Å². The number of anilines is 1. The lowest BCUT2D eigenvalue weighted by Crippen LogP contribution is -2.24. The van der Waals surface area contributed by atoms with Crippen LogP contribution in [0.15, 0.2) is 24.5 Å². The normalized spacial score (nSPS) is 13.8. The van der Waals surface area contributed by atoms with Gasteiger partial charge in [0, 0.05) is 37.7 Å². The molecule has 1 aliphatic rings. The van der Waals surface area contributed by atoms with Crippen molar-refractivity contribution < 1.29 is 14.6 Å². The van der Waals surface area contributed by atoms with Crippen molar-refractivity contribution >= 4 is 11.8 Å². The van der Waals surface area contributed by atoms with Crippen LogP contribution in [0, 0.1) is 0 Å². The van der Waals surface area contributed by atoms with Crippen LogP contribution in [0.1, 0.15) is 55.2 Å². The van der Waals surface area contributed by atoms with Gasteiger partial charge in [-0.1, -0.05) is 0 Å². The fraction of sp³-hybridized carbons (Fsp3) is 0.526. The molecule has 0 bridgehead atoms. The lowest BCUT2D eigenvalue weighted by atomic mass is 10.2. The molecule has 1 aliphatic heterocycles. The van der Waals surface area contributed by atoms with Gasteiger partial charge in [0.2, 0.25) is 0 Å². The van der Waals surface area contributed by atoms with Crippen LogP contribution in [0.3, 0.4) is 0 Å². The summed E-state index contributed by atoms with van der Waals surface area (Å²) < 4.78 is 7.31. The Labute approximate surface area is 153 Å². The maximum atomic E-state index is 12.1. The van der Waals surface area contributed by atoms with Gasteiger partial charge in [0.25, 0.3) is 0 Å². The molecule has 1 N–H and O–H groups in total. The summed E-state index contributed by atoms with van der Waals surface area (Å²) in [7, 11) is 0. The first-order chi connectivity index (χ1) is 12.4. The number of ether oxygens (including phenoxy) is 1. The largest absolute Gasteiger partial charge is 0.456 e. The van der Waals surface area contributed by atoms with Crippen LogP contribution in [-0.4, -0.2) is 38.0 Å². The van der Waals surface area contributed by atoms with Gasteiger partial charge in [-0.25, -0.2) is 9.78 Å². The molecular formula is C19H26N4O3. The SMILES string of the molecule is CC(C)(C)OC(=O)c1ccc(N2Cc3cn(CCCCO)nc3C2)nc1. The lowest BCUT2D eigenvalue weighted by Gasteiger charge is -2.20. The molecule has 0 spiro atoms. The van der Waals surface area contributed by atoms with Gasteiger partial charge in [-0.05, 0) is 45.7 Å². The van der Waals surface area contributed by atoms with E-state index in [1.807, 2.05) is 31.5 Å². The molecule has 0 unspecified atom stereocenters. The first-order valence-electron chi connectivity index (χ1n) is 8.96.